The predicted octanol–water partition coefficient (Wildman–Crippen LogP) is 2.64. The zero-order valence-corrected chi connectivity index (χ0v) is 17.2. The number of carbonyl (C=O) groups is 2. The average molecular weight is 402 g/mol. The van der Waals surface area contributed by atoms with Crippen molar-refractivity contribution in [1.82, 2.24) is 9.80 Å². The normalized spacial score (nSPS) is 15.0. The number of hydrogen-bond acceptors (Lipinski definition) is 3. The Morgan fingerprint density at radius 1 is 0.857 bits per heavy atom. The summed E-state index contributed by atoms with van der Waals surface area (Å²) in [6.45, 7) is 6.19. The van der Waals surface area contributed by atoms with E-state index in [-0.39, 0.29) is 24.2 Å². The molecule has 28 heavy (non-hydrogen) atoms. The summed E-state index contributed by atoms with van der Waals surface area (Å²) in [6.07, 6.45) is 0.400. The Morgan fingerprint density at radius 3 is 1.86 bits per heavy atom. The lowest BCUT2D eigenvalue weighted by molar-refractivity contribution is -0.140. The van der Waals surface area contributed by atoms with Crippen molar-refractivity contribution in [3.05, 3.63) is 70.8 Å². The number of amides is 2. The van der Waals surface area contributed by atoms with Crippen LogP contribution in [0.2, 0.25) is 0 Å². The van der Waals surface area contributed by atoms with Gasteiger partial charge < -0.3 is 15.5 Å². The maximum atomic E-state index is 12.7. The van der Waals surface area contributed by atoms with Gasteiger partial charge in [0.05, 0.1) is 6.42 Å². The van der Waals surface area contributed by atoms with E-state index >= 15 is 0 Å². The van der Waals surface area contributed by atoms with Crippen LogP contribution < -0.4 is 5.73 Å². The Balaban J connectivity index is 0.00000280. The molecular formula is C22H28ClN3O2. The number of halogens is 1. The van der Waals surface area contributed by atoms with E-state index in [0.717, 1.165) is 16.7 Å². The Hall–Kier alpha value is -2.37. The number of hydrogen-bond donors (Lipinski definition) is 1. The number of carbonyl (C=O) groups excluding carboxylic acids is 2. The Labute approximate surface area is 172 Å². The number of nitrogens with zero attached hydrogens (tertiary/aromatic N) is 2. The fourth-order valence-electron chi connectivity index (χ4n) is 3.28. The maximum Gasteiger partial charge on any atom is 0.244 e. The summed E-state index contributed by atoms with van der Waals surface area (Å²) in [7, 11) is 0. The van der Waals surface area contributed by atoms with Crippen molar-refractivity contribution in [1.29, 1.82) is 0 Å². The van der Waals surface area contributed by atoms with Crippen molar-refractivity contribution in [2.45, 2.75) is 26.3 Å². The van der Waals surface area contributed by atoms with Crippen LogP contribution in [0.5, 0.6) is 0 Å². The van der Waals surface area contributed by atoms with Crippen LogP contribution in [0, 0.1) is 13.8 Å². The van der Waals surface area contributed by atoms with Crippen LogP contribution in [0.15, 0.2) is 48.5 Å². The smallest absolute Gasteiger partial charge is 0.244 e. The summed E-state index contributed by atoms with van der Waals surface area (Å²) in [6, 6.07) is 15.1. The lowest BCUT2D eigenvalue weighted by atomic mass is 10.0. The molecule has 5 nitrogen and oxygen atoms in total. The fourth-order valence-corrected chi connectivity index (χ4v) is 3.28. The standard InChI is InChI=1S/C22H27N3O2.ClH/c1-16-3-7-18(8-4-16)15-20(26)24-11-13-25(14-12-24)22(27)21(23)19-9-5-17(2)6-10-19;/h3-10,21H,11-15,23H2,1-2H3;1H. The minimum absolute atomic E-state index is 0. The highest BCUT2D eigenvalue weighted by molar-refractivity contribution is 5.85. The average Bonchev–Trinajstić information content (AvgIpc) is 2.69. The molecule has 1 atom stereocenters. The van der Waals surface area contributed by atoms with Crippen LogP contribution in [0.4, 0.5) is 0 Å². The van der Waals surface area contributed by atoms with Gasteiger partial charge in [0.25, 0.3) is 0 Å². The van der Waals surface area contributed by atoms with E-state index in [1.807, 2.05) is 67.3 Å². The molecule has 150 valence electrons. The van der Waals surface area contributed by atoms with E-state index in [1.165, 1.54) is 5.56 Å². The zero-order valence-electron chi connectivity index (χ0n) is 16.4. The monoisotopic (exact) mass is 401 g/mol. The molecule has 1 aliphatic heterocycles. The third-order valence-corrected chi connectivity index (χ3v) is 5.12. The molecule has 2 aromatic rings. The number of aryl methyl sites for hydroxylation is 2. The fraction of sp³-hybridized carbons (Fsp3) is 0.364. The van der Waals surface area contributed by atoms with Gasteiger partial charge in [-0.3, -0.25) is 9.59 Å². The Kier molecular flexibility index (Phi) is 7.61. The number of nitrogens with two attached hydrogens (primary N) is 1. The van der Waals surface area contributed by atoms with Gasteiger partial charge in [-0.2, -0.15) is 0 Å². The molecule has 2 aromatic carbocycles. The Bertz CT molecular complexity index is 798. The molecule has 1 aliphatic rings. The molecule has 2 N–H and O–H groups in total. The van der Waals surface area contributed by atoms with Gasteiger partial charge >= 0.3 is 0 Å². The molecule has 1 saturated heterocycles. The van der Waals surface area contributed by atoms with Crippen LogP contribution >= 0.6 is 12.4 Å². The van der Waals surface area contributed by atoms with Crippen LogP contribution in [0.1, 0.15) is 28.3 Å². The van der Waals surface area contributed by atoms with Crippen LogP contribution in [-0.4, -0.2) is 47.8 Å². The molecule has 0 radical (unpaired) electrons. The summed E-state index contributed by atoms with van der Waals surface area (Å²) in [4.78, 5) is 28.8. The van der Waals surface area contributed by atoms with Crippen molar-refractivity contribution >= 4 is 24.2 Å². The van der Waals surface area contributed by atoms with Crippen molar-refractivity contribution in [2.24, 2.45) is 5.73 Å². The first-order valence-corrected chi connectivity index (χ1v) is 9.38. The van der Waals surface area contributed by atoms with Crippen LogP contribution in [-0.2, 0) is 16.0 Å². The molecule has 6 heteroatoms. The van der Waals surface area contributed by atoms with Gasteiger partial charge in [-0.25, -0.2) is 0 Å². The van der Waals surface area contributed by atoms with Gasteiger partial charge in [-0.05, 0) is 25.0 Å². The summed E-state index contributed by atoms with van der Waals surface area (Å²) in [5, 5.41) is 0. The zero-order chi connectivity index (χ0) is 19.4. The maximum absolute atomic E-state index is 12.7. The van der Waals surface area contributed by atoms with Gasteiger partial charge in [0.15, 0.2) is 0 Å². The van der Waals surface area contributed by atoms with Crippen molar-refractivity contribution in [3.8, 4) is 0 Å². The van der Waals surface area contributed by atoms with Crippen LogP contribution in [0.3, 0.4) is 0 Å². The molecule has 0 bridgehead atoms. The summed E-state index contributed by atoms with van der Waals surface area (Å²) in [5.74, 6) is 0.0262. The molecule has 0 saturated carbocycles. The molecule has 1 heterocycles. The van der Waals surface area contributed by atoms with E-state index < -0.39 is 6.04 Å². The van der Waals surface area contributed by atoms with Crippen LogP contribution in [0.25, 0.3) is 0 Å². The highest BCUT2D eigenvalue weighted by atomic mass is 35.5. The van der Waals surface area contributed by atoms with E-state index in [4.69, 9.17) is 5.73 Å². The van der Waals surface area contributed by atoms with Crippen molar-refractivity contribution in [3.63, 3.8) is 0 Å². The first-order valence-electron chi connectivity index (χ1n) is 9.38. The second kappa shape index (κ2) is 9.71. The number of rotatable bonds is 4. The SMILES string of the molecule is Cc1ccc(CC(=O)N2CCN(C(=O)C(N)c3ccc(C)cc3)CC2)cc1.Cl. The molecule has 1 unspecified atom stereocenters. The molecule has 3 rings (SSSR count). The van der Waals surface area contributed by atoms with Gasteiger partial charge in [0.2, 0.25) is 11.8 Å². The molecule has 0 aliphatic carbocycles. The number of piperazine rings is 1. The predicted molar refractivity (Wildman–Crippen MR) is 113 cm³/mol. The minimum atomic E-state index is -0.652. The van der Waals surface area contributed by atoms with Crippen molar-refractivity contribution < 1.29 is 9.59 Å². The largest absolute Gasteiger partial charge is 0.339 e. The lowest BCUT2D eigenvalue weighted by Crippen LogP contribution is -2.52. The molecule has 2 amide bonds. The third kappa shape index (κ3) is 5.33. The van der Waals surface area contributed by atoms with Gasteiger partial charge in [-0.15, -0.1) is 12.4 Å². The van der Waals surface area contributed by atoms with E-state index in [9.17, 15) is 9.59 Å². The van der Waals surface area contributed by atoms with E-state index in [1.54, 1.807) is 4.90 Å². The number of benzene rings is 2. The molecule has 1 fully saturated rings. The molecule has 0 spiro atoms. The van der Waals surface area contributed by atoms with E-state index in [0.29, 0.717) is 32.6 Å². The minimum Gasteiger partial charge on any atom is -0.339 e. The quantitative estimate of drug-likeness (QED) is 0.856. The second-order valence-corrected chi connectivity index (χ2v) is 7.26. The first kappa shape index (κ1) is 21.9. The third-order valence-electron chi connectivity index (χ3n) is 5.12. The summed E-state index contributed by atoms with van der Waals surface area (Å²) >= 11 is 0. The lowest BCUT2D eigenvalue weighted by Gasteiger charge is -2.36. The second-order valence-electron chi connectivity index (χ2n) is 7.26. The highest BCUT2D eigenvalue weighted by Gasteiger charge is 2.27. The topological polar surface area (TPSA) is 66.6 Å². The van der Waals surface area contributed by atoms with E-state index in [2.05, 4.69) is 0 Å². The van der Waals surface area contributed by atoms with Gasteiger partial charge in [-0.1, -0.05) is 59.7 Å². The van der Waals surface area contributed by atoms with Crippen molar-refractivity contribution in [2.75, 3.05) is 26.2 Å². The Morgan fingerprint density at radius 2 is 1.32 bits per heavy atom. The van der Waals surface area contributed by atoms with Gasteiger partial charge in [0, 0.05) is 26.2 Å². The molecule has 0 aromatic heterocycles. The van der Waals surface area contributed by atoms with Gasteiger partial charge in [0.1, 0.15) is 6.04 Å². The first-order chi connectivity index (χ1) is 12.9. The highest BCUT2D eigenvalue weighted by Crippen LogP contribution is 2.16. The summed E-state index contributed by atoms with van der Waals surface area (Å²) in [5.41, 5.74) is 10.3. The molecular weight excluding hydrogens is 374 g/mol. The summed E-state index contributed by atoms with van der Waals surface area (Å²) < 4.78 is 0.